The van der Waals surface area contributed by atoms with E-state index < -0.39 is 5.91 Å². The van der Waals surface area contributed by atoms with E-state index in [1.54, 1.807) is 51.0 Å². The number of anilines is 1. The fourth-order valence-electron chi connectivity index (χ4n) is 3.69. The number of nitrogens with one attached hydrogen (secondary N) is 2. The molecule has 4 aromatic rings. The Bertz CT molecular complexity index is 1470. The maximum atomic E-state index is 12.8. The van der Waals surface area contributed by atoms with E-state index in [4.69, 9.17) is 9.47 Å². The lowest BCUT2D eigenvalue weighted by Crippen LogP contribution is -2.24. The first-order chi connectivity index (χ1) is 17.4. The quantitative estimate of drug-likeness (QED) is 0.289. The van der Waals surface area contributed by atoms with E-state index in [2.05, 4.69) is 20.3 Å². The Morgan fingerprint density at radius 2 is 1.86 bits per heavy atom. The van der Waals surface area contributed by atoms with Gasteiger partial charge in [-0.05, 0) is 42.0 Å². The molecular formula is C27H26N6O3. The Morgan fingerprint density at radius 1 is 1.08 bits per heavy atom. The molecule has 182 valence electrons. The molecule has 36 heavy (non-hydrogen) atoms. The highest BCUT2D eigenvalue weighted by molar-refractivity contribution is 6.04. The molecule has 0 saturated carbocycles. The number of aromatic nitrogens is 3. The second-order valence-electron chi connectivity index (χ2n) is 8.21. The van der Waals surface area contributed by atoms with Gasteiger partial charge in [-0.1, -0.05) is 6.07 Å². The highest BCUT2D eigenvalue weighted by Gasteiger charge is 2.13. The van der Waals surface area contributed by atoms with E-state index in [-0.39, 0.29) is 12.1 Å². The summed E-state index contributed by atoms with van der Waals surface area (Å²) in [5, 5.41) is 13.2. The van der Waals surface area contributed by atoms with Crippen LogP contribution in [0.5, 0.6) is 11.5 Å². The summed E-state index contributed by atoms with van der Waals surface area (Å²) in [6, 6.07) is 13.3. The van der Waals surface area contributed by atoms with Crippen LogP contribution in [0.2, 0.25) is 0 Å². The lowest BCUT2D eigenvalue weighted by Gasteiger charge is -2.11. The minimum absolute atomic E-state index is 0.0150. The van der Waals surface area contributed by atoms with Crippen molar-refractivity contribution in [3.8, 4) is 28.7 Å². The van der Waals surface area contributed by atoms with Gasteiger partial charge in [0.05, 0.1) is 14.2 Å². The molecule has 0 bridgehead atoms. The molecule has 0 spiro atoms. The molecule has 0 unspecified atom stereocenters. The Labute approximate surface area is 209 Å². The number of H-pyrrole nitrogens is 1. The van der Waals surface area contributed by atoms with Crippen molar-refractivity contribution in [2.24, 2.45) is 0 Å². The number of carbonyl (C=O) groups is 1. The number of nitrogens with zero attached hydrogens (tertiary/aromatic N) is 4. The lowest BCUT2D eigenvalue weighted by molar-refractivity contribution is -0.117. The van der Waals surface area contributed by atoms with E-state index in [0.29, 0.717) is 22.7 Å². The van der Waals surface area contributed by atoms with Gasteiger partial charge in [0.25, 0.3) is 5.91 Å². The summed E-state index contributed by atoms with van der Waals surface area (Å²) in [4.78, 5) is 26.7. The van der Waals surface area contributed by atoms with Crippen LogP contribution in [-0.4, -0.2) is 49.2 Å². The SMILES string of the molecule is COc1ccc(CNC(=O)/C(C#N)=C/c2c[nH]c3ncc(-c4ccc(N(C)C)nc4)cc23)cc1OC. The van der Waals surface area contributed by atoms with Crippen LogP contribution in [0.3, 0.4) is 0 Å². The van der Waals surface area contributed by atoms with Gasteiger partial charge in [-0.2, -0.15) is 5.26 Å². The molecule has 4 rings (SSSR count). The van der Waals surface area contributed by atoms with Crippen molar-refractivity contribution in [3.63, 3.8) is 0 Å². The third kappa shape index (κ3) is 5.13. The maximum Gasteiger partial charge on any atom is 0.262 e. The van der Waals surface area contributed by atoms with Gasteiger partial charge in [0.1, 0.15) is 23.1 Å². The molecule has 3 heterocycles. The molecule has 3 aromatic heterocycles. The number of nitriles is 1. The van der Waals surface area contributed by atoms with Crippen LogP contribution in [0.1, 0.15) is 11.1 Å². The van der Waals surface area contributed by atoms with Crippen molar-refractivity contribution in [1.29, 1.82) is 5.26 Å². The number of carbonyl (C=O) groups excluding carboxylic acids is 1. The second-order valence-corrected chi connectivity index (χ2v) is 8.21. The standard InChI is InChI=1S/C27H26N6O3/c1-33(2)25-8-6-18(14-29-25)20-11-22-21(16-31-26(22)30-15-20)10-19(12-28)27(34)32-13-17-5-7-23(35-3)24(9-17)36-4/h5-11,14-16H,13H2,1-4H3,(H,30,31)(H,32,34)/b19-10+. The predicted molar refractivity (Wildman–Crippen MR) is 139 cm³/mol. The number of fused-ring (bicyclic) bond motifs is 1. The fraction of sp³-hybridized carbons (Fsp3) is 0.185. The molecule has 9 nitrogen and oxygen atoms in total. The number of hydrogen-bond donors (Lipinski definition) is 2. The zero-order valence-electron chi connectivity index (χ0n) is 20.5. The maximum absolute atomic E-state index is 12.8. The van der Waals surface area contributed by atoms with Gasteiger partial charge in [-0.25, -0.2) is 9.97 Å². The molecule has 0 aliphatic carbocycles. The average molecular weight is 483 g/mol. The van der Waals surface area contributed by atoms with E-state index in [1.165, 1.54) is 0 Å². The fourth-order valence-corrected chi connectivity index (χ4v) is 3.69. The Hall–Kier alpha value is -4.84. The minimum atomic E-state index is -0.478. The number of hydrogen-bond acceptors (Lipinski definition) is 7. The second kappa shape index (κ2) is 10.6. The van der Waals surface area contributed by atoms with Gasteiger partial charge in [0.2, 0.25) is 0 Å². The minimum Gasteiger partial charge on any atom is -0.493 e. The van der Waals surface area contributed by atoms with E-state index in [1.807, 2.05) is 49.3 Å². The topological polar surface area (TPSA) is 116 Å². The number of rotatable bonds is 8. The molecule has 0 atom stereocenters. The summed E-state index contributed by atoms with van der Waals surface area (Å²) in [7, 11) is 6.98. The summed E-state index contributed by atoms with van der Waals surface area (Å²) >= 11 is 0. The molecular weight excluding hydrogens is 456 g/mol. The van der Waals surface area contributed by atoms with Crippen LogP contribution >= 0.6 is 0 Å². The smallest absolute Gasteiger partial charge is 0.262 e. The highest BCUT2D eigenvalue weighted by atomic mass is 16.5. The van der Waals surface area contributed by atoms with Gasteiger partial charge in [-0.15, -0.1) is 0 Å². The molecule has 1 aromatic carbocycles. The third-order valence-electron chi connectivity index (χ3n) is 5.67. The van der Waals surface area contributed by atoms with Gasteiger partial charge in [-0.3, -0.25) is 4.79 Å². The van der Waals surface area contributed by atoms with Gasteiger partial charge < -0.3 is 24.7 Å². The molecule has 0 fully saturated rings. The van der Waals surface area contributed by atoms with Crippen LogP contribution in [-0.2, 0) is 11.3 Å². The summed E-state index contributed by atoms with van der Waals surface area (Å²) < 4.78 is 10.5. The zero-order valence-corrected chi connectivity index (χ0v) is 20.5. The predicted octanol–water partition coefficient (Wildman–Crippen LogP) is 3.93. The number of ether oxygens (including phenoxy) is 2. The number of amides is 1. The molecule has 2 N–H and O–H groups in total. The molecule has 1 amide bonds. The summed E-state index contributed by atoms with van der Waals surface area (Å²) in [6.45, 7) is 0.230. The van der Waals surface area contributed by atoms with Crippen LogP contribution in [0.4, 0.5) is 5.82 Å². The van der Waals surface area contributed by atoms with Crippen molar-refractivity contribution in [2.45, 2.75) is 6.54 Å². The monoisotopic (exact) mass is 482 g/mol. The van der Waals surface area contributed by atoms with Crippen LogP contribution < -0.4 is 19.7 Å². The van der Waals surface area contributed by atoms with Crippen LogP contribution in [0.25, 0.3) is 28.2 Å². The first kappa shape index (κ1) is 24.3. The Kier molecular flexibility index (Phi) is 7.16. The van der Waals surface area contributed by atoms with E-state index in [0.717, 1.165) is 27.9 Å². The van der Waals surface area contributed by atoms with Crippen molar-refractivity contribution in [2.75, 3.05) is 33.2 Å². The number of pyridine rings is 2. The lowest BCUT2D eigenvalue weighted by atomic mass is 10.1. The number of aromatic amines is 1. The first-order valence-corrected chi connectivity index (χ1v) is 11.1. The third-order valence-corrected chi connectivity index (χ3v) is 5.67. The zero-order chi connectivity index (χ0) is 25.7. The molecule has 0 saturated heterocycles. The van der Waals surface area contributed by atoms with Crippen molar-refractivity contribution < 1.29 is 14.3 Å². The van der Waals surface area contributed by atoms with Crippen molar-refractivity contribution >= 4 is 28.8 Å². The molecule has 9 heteroatoms. The van der Waals surface area contributed by atoms with Crippen LogP contribution in [0, 0.1) is 11.3 Å². The highest BCUT2D eigenvalue weighted by Crippen LogP contribution is 2.28. The normalized spacial score (nSPS) is 11.1. The van der Waals surface area contributed by atoms with E-state index >= 15 is 0 Å². The number of benzene rings is 1. The average Bonchev–Trinajstić information content (AvgIpc) is 3.31. The number of methoxy groups -OCH3 is 2. The van der Waals surface area contributed by atoms with Crippen molar-refractivity contribution in [3.05, 3.63) is 71.7 Å². The summed E-state index contributed by atoms with van der Waals surface area (Å²) in [5.74, 6) is 1.54. The Balaban J connectivity index is 1.56. The van der Waals surface area contributed by atoms with Gasteiger partial charge in [0.15, 0.2) is 11.5 Å². The first-order valence-electron chi connectivity index (χ1n) is 11.1. The van der Waals surface area contributed by atoms with Gasteiger partial charge >= 0.3 is 0 Å². The van der Waals surface area contributed by atoms with Gasteiger partial charge in [0, 0.05) is 61.3 Å². The Morgan fingerprint density at radius 3 is 2.53 bits per heavy atom. The molecule has 0 radical (unpaired) electrons. The summed E-state index contributed by atoms with van der Waals surface area (Å²) in [6.07, 6.45) is 6.85. The van der Waals surface area contributed by atoms with Crippen molar-refractivity contribution in [1.82, 2.24) is 20.3 Å². The largest absolute Gasteiger partial charge is 0.493 e. The molecule has 0 aliphatic heterocycles. The summed E-state index contributed by atoms with van der Waals surface area (Å²) in [5.41, 5.74) is 3.94. The van der Waals surface area contributed by atoms with E-state index in [9.17, 15) is 10.1 Å². The van der Waals surface area contributed by atoms with Crippen LogP contribution in [0.15, 0.2) is 60.6 Å². The molecule has 0 aliphatic rings.